The molecule has 0 amide bonds. The highest BCUT2D eigenvalue weighted by molar-refractivity contribution is 5.95. The van der Waals surface area contributed by atoms with Crippen molar-refractivity contribution in [3.05, 3.63) is 213 Å². The molecule has 7 heteroatoms. The first-order chi connectivity index (χ1) is 29.7. The van der Waals surface area contributed by atoms with Crippen LogP contribution in [0.15, 0.2) is 213 Å². The van der Waals surface area contributed by atoms with E-state index in [4.69, 9.17) is 29.9 Å². The van der Waals surface area contributed by atoms with Crippen molar-refractivity contribution in [3.63, 3.8) is 0 Å². The van der Waals surface area contributed by atoms with Gasteiger partial charge in [0.25, 0.3) is 0 Å². The van der Waals surface area contributed by atoms with Crippen LogP contribution in [0.25, 0.3) is 102 Å². The molecule has 10 aromatic rings. The maximum Gasteiger partial charge on any atom is 0.164 e. The lowest BCUT2D eigenvalue weighted by Crippen LogP contribution is -2.00. The molecule has 3 aromatic heterocycles. The average molecular weight is 770 g/mol. The van der Waals surface area contributed by atoms with Crippen LogP contribution in [0.4, 0.5) is 0 Å². The summed E-state index contributed by atoms with van der Waals surface area (Å²) in [4.78, 5) is 34.5. The quantitative estimate of drug-likeness (QED) is 0.144. The molecule has 0 fully saturated rings. The van der Waals surface area contributed by atoms with Crippen molar-refractivity contribution >= 4 is 0 Å². The van der Waals surface area contributed by atoms with Gasteiger partial charge < -0.3 is 0 Å². The summed E-state index contributed by atoms with van der Waals surface area (Å²) in [6.07, 6.45) is 3.72. The first-order valence-corrected chi connectivity index (χ1v) is 19.7. The topological polar surface area (TPSA) is 90.2 Å². The second-order valence-corrected chi connectivity index (χ2v) is 14.2. The number of rotatable bonds is 9. The molecule has 0 aliphatic rings. The number of hydrogen-bond donors (Lipinski definition) is 0. The molecule has 0 spiro atoms. The van der Waals surface area contributed by atoms with E-state index >= 15 is 0 Å². The van der Waals surface area contributed by atoms with Crippen molar-refractivity contribution in [3.8, 4) is 102 Å². The minimum Gasteiger partial charge on any atom is -0.264 e. The maximum absolute atomic E-state index is 5.02. The van der Waals surface area contributed by atoms with Crippen LogP contribution >= 0.6 is 0 Å². The zero-order valence-electron chi connectivity index (χ0n) is 32.3. The van der Waals surface area contributed by atoms with Gasteiger partial charge in [-0.1, -0.05) is 182 Å². The normalized spacial score (nSPS) is 11.0. The average Bonchev–Trinajstić information content (AvgIpc) is 3.35. The third-order valence-corrected chi connectivity index (χ3v) is 10.3. The van der Waals surface area contributed by atoms with Gasteiger partial charge in [0.05, 0.1) is 0 Å². The van der Waals surface area contributed by atoms with E-state index in [1.165, 1.54) is 0 Å². The van der Waals surface area contributed by atoms with Crippen LogP contribution < -0.4 is 0 Å². The van der Waals surface area contributed by atoms with E-state index in [1.807, 2.05) is 134 Å². The maximum atomic E-state index is 5.02. The monoisotopic (exact) mass is 769 g/mol. The summed E-state index contributed by atoms with van der Waals surface area (Å²) in [6, 6.07) is 67.5. The summed E-state index contributed by atoms with van der Waals surface area (Å²) in [5, 5.41) is 0. The standard InChI is InChI=1S/C53H35N7/c1-5-17-36(18-6-1)48-55-49(37-19-7-2-8-20-37)58-52(57-48)42-27-13-25-40(33-42)45-30-15-31-46(47(45)44-29-16-32-54-35-44)41-26-14-28-43(34-41)53-59-50(38-21-9-3-10-22-38)56-51(60-53)39-23-11-4-12-24-39/h1-35H. The van der Waals surface area contributed by atoms with Gasteiger partial charge in [0, 0.05) is 51.3 Å². The molecule has 0 saturated heterocycles. The summed E-state index contributed by atoms with van der Waals surface area (Å²) in [6.45, 7) is 0. The van der Waals surface area contributed by atoms with Crippen molar-refractivity contribution in [1.82, 2.24) is 34.9 Å². The Labute approximate surface area is 347 Å². The van der Waals surface area contributed by atoms with Crippen LogP contribution in [0.1, 0.15) is 0 Å². The fourth-order valence-corrected chi connectivity index (χ4v) is 7.38. The number of pyridine rings is 1. The Bertz CT molecular complexity index is 2770. The van der Waals surface area contributed by atoms with Gasteiger partial charge in [-0.15, -0.1) is 0 Å². The van der Waals surface area contributed by atoms with Crippen LogP contribution in [0.2, 0.25) is 0 Å². The van der Waals surface area contributed by atoms with Crippen LogP contribution in [-0.4, -0.2) is 34.9 Å². The largest absolute Gasteiger partial charge is 0.264 e. The molecule has 7 nitrogen and oxygen atoms in total. The minimum atomic E-state index is 0.596. The fourth-order valence-electron chi connectivity index (χ4n) is 7.38. The first kappa shape index (κ1) is 36.1. The molecule has 0 unspecified atom stereocenters. The molecule has 7 aromatic carbocycles. The summed E-state index contributed by atoms with van der Waals surface area (Å²) in [5.74, 6) is 3.66. The molecule has 0 N–H and O–H groups in total. The molecule has 0 radical (unpaired) electrons. The van der Waals surface area contributed by atoms with E-state index in [2.05, 4.69) is 77.8 Å². The first-order valence-electron chi connectivity index (χ1n) is 19.7. The molecule has 282 valence electrons. The number of nitrogens with zero attached hydrogens (tertiary/aromatic N) is 7. The highest BCUT2D eigenvalue weighted by Gasteiger charge is 2.19. The molecular weight excluding hydrogens is 735 g/mol. The van der Waals surface area contributed by atoms with Gasteiger partial charge in [-0.25, -0.2) is 29.9 Å². The van der Waals surface area contributed by atoms with E-state index in [1.54, 1.807) is 6.20 Å². The van der Waals surface area contributed by atoms with Crippen LogP contribution in [0.3, 0.4) is 0 Å². The summed E-state index contributed by atoms with van der Waals surface area (Å²) in [5.41, 5.74) is 11.6. The Balaban J connectivity index is 1.10. The Kier molecular flexibility index (Phi) is 9.79. The Morgan fingerprint density at radius 1 is 0.233 bits per heavy atom. The third-order valence-electron chi connectivity index (χ3n) is 10.3. The molecule has 60 heavy (non-hydrogen) atoms. The predicted octanol–water partition coefficient (Wildman–Crippen LogP) is 12.5. The van der Waals surface area contributed by atoms with Crippen LogP contribution in [-0.2, 0) is 0 Å². The number of benzene rings is 7. The molecule has 0 aliphatic carbocycles. The second-order valence-electron chi connectivity index (χ2n) is 14.2. The third kappa shape index (κ3) is 7.46. The van der Waals surface area contributed by atoms with Crippen molar-refractivity contribution in [1.29, 1.82) is 0 Å². The molecule has 0 bridgehead atoms. The molecule has 3 heterocycles. The Morgan fingerprint density at radius 2 is 0.533 bits per heavy atom. The predicted molar refractivity (Wildman–Crippen MR) is 240 cm³/mol. The smallest absolute Gasteiger partial charge is 0.164 e. The summed E-state index contributed by atoms with van der Waals surface area (Å²) in [7, 11) is 0. The van der Waals surface area contributed by atoms with Crippen molar-refractivity contribution in [2.45, 2.75) is 0 Å². The second kappa shape index (κ2) is 16.3. The van der Waals surface area contributed by atoms with E-state index < -0.39 is 0 Å². The molecule has 10 rings (SSSR count). The number of aromatic nitrogens is 7. The highest BCUT2D eigenvalue weighted by Crippen LogP contribution is 2.41. The molecule has 0 atom stereocenters. The molecule has 0 aliphatic heterocycles. The number of hydrogen-bond acceptors (Lipinski definition) is 7. The lowest BCUT2D eigenvalue weighted by Gasteiger charge is -2.17. The van der Waals surface area contributed by atoms with E-state index in [-0.39, 0.29) is 0 Å². The fraction of sp³-hybridized carbons (Fsp3) is 0. The summed E-state index contributed by atoms with van der Waals surface area (Å²) >= 11 is 0. The van der Waals surface area contributed by atoms with Crippen LogP contribution in [0, 0.1) is 0 Å². The highest BCUT2D eigenvalue weighted by atomic mass is 15.0. The Morgan fingerprint density at radius 3 is 0.883 bits per heavy atom. The van der Waals surface area contributed by atoms with Gasteiger partial charge in [0.1, 0.15) is 0 Å². The zero-order valence-corrected chi connectivity index (χ0v) is 32.3. The van der Waals surface area contributed by atoms with Crippen molar-refractivity contribution in [2.24, 2.45) is 0 Å². The van der Waals surface area contributed by atoms with Crippen molar-refractivity contribution in [2.75, 3.05) is 0 Å². The Hall–Kier alpha value is -8.29. The lowest BCUT2D eigenvalue weighted by atomic mass is 9.87. The van der Waals surface area contributed by atoms with E-state index in [0.29, 0.717) is 34.9 Å². The summed E-state index contributed by atoms with van der Waals surface area (Å²) < 4.78 is 0. The van der Waals surface area contributed by atoms with Gasteiger partial charge in [0.15, 0.2) is 34.9 Å². The molecular formula is C53H35N7. The van der Waals surface area contributed by atoms with Gasteiger partial charge in [-0.2, -0.15) is 0 Å². The van der Waals surface area contributed by atoms with Gasteiger partial charge >= 0.3 is 0 Å². The SMILES string of the molecule is c1ccc(-c2nc(-c3ccccc3)nc(-c3cccc(-c4cccc(-c5cccc(-c6nc(-c7ccccc7)nc(-c7ccccc7)n6)c5)c4-c4cccnc4)c3)n2)cc1. The van der Waals surface area contributed by atoms with Gasteiger partial charge in [0.2, 0.25) is 0 Å². The van der Waals surface area contributed by atoms with E-state index in [9.17, 15) is 0 Å². The van der Waals surface area contributed by atoms with Crippen molar-refractivity contribution < 1.29 is 0 Å². The van der Waals surface area contributed by atoms with E-state index in [0.717, 1.165) is 66.8 Å². The lowest BCUT2D eigenvalue weighted by molar-refractivity contribution is 1.07. The van der Waals surface area contributed by atoms with Gasteiger partial charge in [-0.3, -0.25) is 4.98 Å². The zero-order chi connectivity index (χ0) is 40.1. The minimum absolute atomic E-state index is 0.596. The van der Waals surface area contributed by atoms with Gasteiger partial charge in [-0.05, 0) is 46.0 Å². The molecule has 0 saturated carbocycles. The van der Waals surface area contributed by atoms with Crippen LogP contribution in [0.5, 0.6) is 0 Å².